The van der Waals surface area contributed by atoms with Gasteiger partial charge in [0.05, 0.1) is 12.7 Å². The smallest absolute Gasteiger partial charge is 0.150 e. The molecule has 2 aliphatic rings. The Labute approximate surface area is 199 Å². The molecule has 1 atom stereocenters. The van der Waals surface area contributed by atoms with Crippen LogP contribution >= 0.6 is 0 Å². The number of benzene rings is 4. The minimum absolute atomic E-state index is 0.269. The summed E-state index contributed by atoms with van der Waals surface area (Å²) in [5.41, 5.74) is 6.08. The molecule has 1 saturated carbocycles. The number of ether oxygens (including phenoxy) is 2. The molecule has 34 heavy (non-hydrogen) atoms. The van der Waals surface area contributed by atoms with Crippen LogP contribution in [0.1, 0.15) is 30.1 Å². The van der Waals surface area contributed by atoms with Gasteiger partial charge in [-0.25, -0.2) is 4.39 Å². The van der Waals surface area contributed by atoms with Crippen molar-refractivity contribution in [2.75, 3.05) is 18.6 Å². The van der Waals surface area contributed by atoms with Crippen molar-refractivity contribution in [3.63, 3.8) is 0 Å². The molecule has 1 aliphatic carbocycles. The fourth-order valence-corrected chi connectivity index (χ4v) is 4.84. The quantitative estimate of drug-likeness (QED) is 0.302. The summed E-state index contributed by atoms with van der Waals surface area (Å²) < 4.78 is 26.4. The van der Waals surface area contributed by atoms with Crippen LogP contribution in [-0.2, 0) is 0 Å². The van der Waals surface area contributed by atoms with Crippen molar-refractivity contribution >= 4 is 11.4 Å². The molecule has 3 nitrogen and oxygen atoms in total. The molecular formula is C30H26FNO2. The normalized spacial score (nSPS) is 16.2. The van der Waals surface area contributed by atoms with Crippen LogP contribution in [0.2, 0.25) is 0 Å². The Morgan fingerprint density at radius 3 is 2.47 bits per heavy atom. The van der Waals surface area contributed by atoms with Crippen LogP contribution in [0.4, 0.5) is 15.8 Å². The number of rotatable bonds is 6. The van der Waals surface area contributed by atoms with Crippen LogP contribution in [0.25, 0.3) is 11.1 Å². The highest BCUT2D eigenvalue weighted by atomic mass is 19.1. The van der Waals surface area contributed by atoms with Crippen molar-refractivity contribution in [3.8, 4) is 22.6 Å². The third-order valence-electron chi connectivity index (χ3n) is 6.71. The zero-order valence-electron chi connectivity index (χ0n) is 19.1. The van der Waals surface area contributed by atoms with Crippen LogP contribution < -0.4 is 14.4 Å². The Balaban J connectivity index is 1.52. The number of fused-ring (bicyclic) bond motifs is 3. The van der Waals surface area contributed by atoms with E-state index in [-0.39, 0.29) is 5.82 Å². The van der Waals surface area contributed by atoms with Crippen molar-refractivity contribution in [2.24, 2.45) is 5.92 Å². The molecule has 1 unspecified atom stereocenters. The summed E-state index contributed by atoms with van der Waals surface area (Å²) in [5.74, 6) is 1.95. The summed E-state index contributed by atoms with van der Waals surface area (Å²) in [4.78, 5) is 2.39. The van der Waals surface area contributed by atoms with E-state index in [2.05, 4.69) is 47.4 Å². The average molecular weight is 452 g/mol. The van der Waals surface area contributed by atoms with Crippen LogP contribution in [0, 0.1) is 11.7 Å². The Morgan fingerprint density at radius 1 is 0.882 bits per heavy atom. The van der Waals surface area contributed by atoms with E-state index in [1.807, 2.05) is 30.3 Å². The molecule has 170 valence electrons. The summed E-state index contributed by atoms with van der Waals surface area (Å²) in [7, 11) is 1.68. The van der Waals surface area contributed by atoms with Crippen molar-refractivity contribution < 1.29 is 13.9 Å². The molecule has 0 N–H and O–H groups in total. The van der Waals surface area contributed by atoms with Gasteiger partial charge >= 0.3 is 0 Å². The molecule has 0 bridgehead atoms. The lowest BCUT2D eigenvalue weighted by atomic mass is 9.88. The summed E-state index contributed by atoms with van der Waals surface area (Å²) in [5, 5.41) is 0. The first kappa shape index (κ1) is 20.8. The summed E-state index contributed by atoms with van der Waals surface area (Å²) in [6.07, 6.45) is 2.13. The number of nitrogens with zero attached hydrogens (tertiary/aromatic N) is 1. The van der Waals surface area contributed by atoms with Crippen molar-refractivity contribution in [2.45, 2.75) is 18.9 Å². The van der Waals surface area contributed by atoms with Gasteiger partial charge in [0.15, 0.2) is 0 Å². The molecule has 0 amide bonds. The Morgan fingerprint density at radius 2 is 1.71 bits per heavy atom. The zero-order valence-corrected chi connectivity index (χ0v) is 19.1. The maximum atomic E-state index is 14.2. The van der Waals surface area contributed by atoms with E-state index >= 15 is 0 Å². The van der Waals surface area contributed by atoms with Gasteiger partial charge in [0.2, 0.25) is 0 Å². The molecule has 4 heteroatoms. The van der Waals surface area contributed by atoms with Gasteiger partial charge < -0.3 is 14.4 Å². The third kappa shape index (κ3) is 3.79. The topological polar surface area (TPSA) is 21.7 Å². The van der Waals surface area contributed by atoms with E-state index in [4.69, 9.17) is 9.47 Å². The van der Waals surface area contributed by atoms with Gasteiger partial charge in [-0.2, -0.15) is 0 Å². The largest absolute Gasteiger partial charge is 0.496 e. The van der Waals surface area contributed by atoms with E-state index in [1.54, 1.807) is 19.2 Å². The monoisotopic (exact) mass is 451 g/mol. The van der Waals surface area contributed by atoms with Gasteiger partial charge in [-0.15, -0.1) is 0 Å². The molecule has 1 heterocycles. The Bertz CT molecular complexity index is 1330. The maximum absolute atomic E-state index is 14.2. The molecule has 1 aliphatic heterocycles. The standard InChI is InChI=1S/C30H26FNO2/c1-33-27-11-6-12-28-29(27)25-16-15-24(32(19-20-13-14-20)23-9-3-2-4-10-23)18-26(25)30(34-28)21-7-5-8-22(31)17-21/h2-12,15-18,20,30H,13-14,19H2,1H3. The van der Waals surface area contributed by atoms with E-state index in [9.17, 15) is 4.39 Å². The van der Waals surface area contributed by atoms with E-state index < -0.39 is 6.10 Å². The van der Waals surface area contributed by atoms with Crippen LogP contribution in [0.3, 0.4) is 0 Å². The Kier molecular flexibility index (Phi) is 5.21. The number of hydrogen-bond donors (Lipinski definition) is 0. The van der Waals surface area contributed by atoms with Crippen LogP contribution in [0.5, 0.6) is 11.5 Å². The minimum Gasteiger partial charge on any atom is -0.496 e. The summed E-state index contributed by atoms with van der Waals surface area (Å²) in [6, 6.07) is 29.6. The zero-order chi connectivity index (χ0) is 23.1. The first-order valence-electron chi connectivity index (χ1n) is 11.8. The second kappa shape index (κ2) is 8.53. The van der Waals surface area contributed by atoms with Gasteiger partial charge in [0.1, 0.15) is 23.4 Å². The van der Waals surface area contributed by atoms with E-state index in [0.717, 1.165) is 46.0 Å². The molecule has 1 fully saturated rings. The first-order chi connectivity index (χ1) is 16.7. The number of anilines is 2. The van der Waals surface area contributed by atoms with Gasteiger partial charge in [-0.1, -0.05) is 42.5 Å². The van der Waals surface area contributed by atoms with Crippen LogP contribution in [-0.4, -0.2) is 13.7 Å². The van der Waals surface area contributed by atoms with Gasteiger partial charge in [0.25, 0.3) is 0 Å². The molecule has 0 aromatic heterocycles. The number of para-hydroxylation sites is 1. The lowest BCUT2D eigenvalue weighted by molar-refractivity contribution is 0.241. The minimum atomic E-state index is -0.413. The first-order valence-corrected chi connectivity index (χ1v) is 11.8. The molecule has 0 radical (unpaired) electrons. The predicted octanol–water partition coefficient (Wildman–Crippen LogP) is 7.53. The Hall–Kier alpha value is -3.79. The molecule has 6 rings (SSSR count). The fourth-order valence-electron chi connectivity index (χ4n) is 4.84. The predicted molar refractivity (Wildman–Crippen MR) is 133 cm³/mol. The SMILES string of the molecule is COc1cccc2c1-c1ccc(N(CC3CC3)c3ccccc3)cc1C(c1cccc(F)c1)O2. The average Bonchev–Trinajstić information content (AvgIpc) is 3.71. The molecule has 0 saturated heterocycles. The molecule has 4 aromatic carbocycles. The van der Waals surface area contributed by atoms with E-state index in [1.165, 1.54) is 24.6 Å². The summed E-state index contributed by atoms with van der Waals surface area (Å²) >= 11 is 0. The van der Waals surface area contributed by atoms with Gasteiger partial charge in [-0.05, 0) is 78.4 Å². The third-order valence-corrected chi connectivity index (χ3v) is 6.71. The van der Waals surface area contributed by atoms with Gasteiger partial charge in [0, 0.05) is 23.5 Å². The second-order valence-corrected chi connectivity index (χ2v) is 9.05. The molecular weight excluding hydrogens is 425 g/mol. The lowest BCUT2D eigenvalue weighted by Gasteiger charge is -2.32. The molecule has 4 aromatic rings. The van der Waals surface area contributed by atoms with Crippen molar-refractivity contribution in [1.82, 2.24) is 0 Å². The van der Waals surface area contributed by atoms with Crippen molar-refractivity contribution in [3.05, 3.63) is 108 Å². The highest BCUT2D eigenvalue weighted by Gasteiger charge is 2.32. The van der Waals surface area contributed by atoms with Crippen molar-refractivity contribution in [1.29, 1.82) is 0 Å². The van der Waals surface area contributed by atoms with E-state index in [0.29, 0.717) is 5.92 Å². The van der Waals surface area contributed by atoms with Gasteiger partial charge in [-0.3, -0.25) is 0 Å². The maximum Gasteiger partial charge on any atom is 0.150 e. The molecule has 0 spiro atoms. The summed E-state index contributed by atoms with van der Waals surface area (Å²) in [6.45, 7) is 0.980. The highest BCUT2D eigenvalue weighted by Crippen LogP contribution is 2.50. The number of methoxy groups -OCH3 is 1. The van der Waals surface area contributed by atoms with Crippen LogP contribution in [0.15, 0.2) is 91.0 Å². The highest BCUT2D eigenvalue weighted by molar-refractivity contribution is 5.83. The fraction of sp³-hybridized carbons (Fsp3) is 0.200. The lowest BCUT2D eigenvalue weighted by Crippen LogP contribution is -2.21. The second-order valence-electron chi connectivity index (χ2n) is 9.05. The number of hydrogen-bond acceptors (Lipinski definition) is 3. The number of halogens is 1.